The second kappa shape index (κ2) is 6.62. The molecule has 0 saturated carbocycles. The van der Waals surface area contributed by atoms with Crippen molar-refractivity contribution in [2.45, 2.75) is 0 Å². The van der Waals surface area contributed by atoms with Gasteiger partial charge in [0.25, 0.3) is 5.69 Å². The van der Waals surface area contributed by atoms with Crippen LogP contribution in [0.3, 0.4) is 0 Å². The number of phenolic OH excluding ortho intramolecular Hbond substituents is 1. The Hall–Kier alpha value is -2.06. The third kappa shape index (κ3) is 4.07. The van der Waals surface area contributed by atoms with Gasteiger partial charge in [-0.3, -0.25) is 10.1 Å². The lowest BCUT2D eigenvalue weighted by molar-refractivity contribution is -0.384. The summed E-state index contributed by atoms with van der Waals surface area (Å²) in [6, 6.07) is 2.11. The molecule has 0 atom stereocenters. The molecule has 0 aliphatic heterocycles. The Labute approximate surface area is 113 Å². The van der Waals surface area contributed by atoms with Crippen LogP contribution < -0.4 is 11.5 Å². The van der Waals surface area contributed by atoms with Crippen LogP contribution in [0.4, 0.5) is 5.69 Å². The molecule has 1 aromatic rings. The highest BCUT2D eigenvalue weighted by atomic mass is 35.5. The number of rotatable bonds is 3. The third-order valence-electron chi connectivity index (χ3n) is 1.66. The average Bonchev–Trinajstić information content (AvgIpc) is 2.23. The quantitative estimate of drug-likeness (QED) is 0.330. The molecule has 18 heavy (non-hydrogen) atoms. The molecule has 98 valence electrons. The van der Waals surface area contributed by atoms with E-state index in [1.165, 1.54) is 0 Å². The average molecular weight is 294 g/mol. The first kappa shape index (κ1) is 15.9. The summed E-state index contributed by atoms with van der Waals surface area (Å²) in [4.78, 5) is 9.90. The summed E-state index contributed by atoms with van der Waals surface area (Å²) < 4.78 is 0. The van der Waals surface area contributed by atoms with Crippen molar-refractivity contribution in [1.82, 2.24) is 0 Å². The molecule has 0 aromatic heterocycles. The molecule has 5 N–H and O–H groups in total. The molecule has 1 rings (SSSR count). The van der Waals surface area contributed by atoms with Crippen LogP contribution in [-0.2, 0) is 0 Å². The van der Waals surface area contributed by atoms with Crippen molar-refractivity contribution in [2.75, 3.05) is 0 Å². The van der Waals surface area contributed by atoms with Crippen LogP contribution in [0.5, 0.6) is 5.75 Å². The Balaban J connectivity index is 0.00000289. The highest BCUT2D eigenvalue weighted by Crippen LogP contribution is 2.31. The Morgan fingerprint density at radius 3 is 2.61 bits per heavy atom. The van der Waals surface area contributed by atoms with Crippen molar-refractivity contribution in [1.29, 1.82) is 0 Å². The monoisotopic (exact) mass is 293 g/mol. The lowest BCUT2D eigenvalue weighted by Crippen LogP contribution is -2.21. The molecule has 0 amide bonds. The van der Waals surface area contributed by atoms with Crippen LogP contribution in [-0.4, -0.2) is 22.2 Å². The molecule has 0 radical (unpaired) electrons. The van der Waals surface area contributed by atoms with E-state index in [-0.39, 0.29) is 40.4 Å². The minimum atomic E-state index is -0.650. The standard InChI is InChI=1S/C8H8ClN5O3.ClH/c9-6-2-5(14(16)17)1-4(7(6)15)3-12-13-8(10)11;/h1-3,15H,(H4,10,11,13);1H. The summed E-state index contributed by atoms with van der Waals surface area (Å²) in [6.45, 7) is 0. The van der Waals surface area contributed by atoms with Gasteiger partial charge in [0.1, 0.15) is 5.75 Å². The summed E-state index contributed by atoms with van der Waals surface area (Å²) in [5.41, 5.74) is 9.80. The number of nitro benzene ring substituents is 1. The number of nitrogens with zero attached hydrogens (tertiary/aromatic N) is 3. The van der Waals surface area contributed by atoms with Crippen LogP contribution in [0.2, 0.25) is 5.02 Å². The predicted molar refractivity (Wildman–Crippen MR) is 70.4 cm³/mol. The van der Waals surface area contributed by atoms with Gasteiger partial charge in [-0.1, -0.05) is 11.6 Å². The summed E-state index contributed by atoms with van der Waals surface area (Å²) in [6.07, 6.45) is 1.05. The number of benzene rings is 1. The fourth-order valence-corrected chi connectivity index (χ4v) is 1.19. The van der Waals surface area contributed by atoms with Crippen LogP contribution in [0.25, 0.3) is 0 Å². The molecule has 8 nitrogen and oxygen atoms in total. The second-order valence-corrected chi connectivity index (χ2v) is 3.30. The summed E-state index contributed by atoms with van der Waals surface area (Å²) >= 11 is 5.60. The maximum absolute atomic E-state index is 10.6. The molecule has 0 saturated heterocycles. The van der Waals surface area contributed by atoms with Crippen molar-refractivity contribution in [2.24, 2.45) is 21.7 Å². The molecule has 0 aliphatic rings. The molecular weight excluding hydrogens is 285 g/mol. The molecule has 0 bridgehead atoms. The van der Waals surface area contributed by atoms with E-state index >= 15 is 0 Å². The molecule has 10 heteroatoms. The maximum atomic E-state index is 10.6. The number of hydrogen-bond donors (Lipinski definition) is 3. The van der Waals surface area contributed by atoms with Gasteiger partial charge in [-0.15, -0.1) is 17.5 Å². The Morgan fingerprint density at radius 1 is 1.50 bits per heavy atom. The minimum Gasteiger partial charge on any atom is -0.506 e. The number of nitrogens with two attached hydrogens (primary N) is 2. The van der Waals surface area contributed by atoms with Crippen molar-refractivity contribution in [3.8, 4) is 5.75 Å². The molecule has 0 spiro atoms. The summed E-state index contributed by atoms with van der Waals surface area (Å²) in [7, 11) is 0. The van der Waals surface area contributed by atoms with E-state index < -0.39 is 4.92 Å². The van der Waals surface area contributed by atoms with E-state index in [9.17, 15) is 15.2 Å². The Morgan fingerprint density at radius 2 is 2.11 bits per heavy atom. The number of phenols is 1. The molecule has 0 aliphatic carbocycles. The lowest BCUT2D eigenvalue weighted by Gasteiger charge is -2.00. The van der Waals surface area contributed by atoms with Crippen molar-refractivity contribution in [3.05, 3.63) is 32.8 Å². The number of aromatic hydroxyl groups is 1. The summed E-state index contributed by atoms with van der Waals surface area (Å²) in [5.74, 6) is -0.621. The van der Waals surface area contributed by atoms with Gasteiger partial charge in [-0.25, -0.2) is 0 Å². The van der Waals surface area contributed by atoms with E-state index in [1.807, 2.05) is 0 Å². The topological polar surface area (TPSA) is 140 Å². The van der Waals surface area contributed by atoms with Gasteiger partial charge < -0.3 is 16.6 Å². The number of nitro groups is 1. The number of hydrogen-bond acceptors (Lipinski definition) is 5. The van der Waals surface area contributed by atoms with Crippen molar-refractivity contribution >= 4 is 41.9 Å². The highest BCUT2D eigenvalue weighted by molar-refractivity contribution is 6.32. The first-order chi connectivity index (χ1) is 7.91. The van der Waals surface area contributed by atoms with Crippen LogP contribution >= 0.6 is 24.0 Å². The van der Waals surface area contributed by atoms with Gasteiger partial charge in [0.05, 0.1) is 16.2 Å². The number of non-ortho nitro benzene ring substituents is 1. The van der Waals surface area contributed by atoms with E-state index in [0.29, 0.717) is 0 Å². The van der Waals surface area contributed by atoms with Gasteiger partial charge in [0, 0.05) is 17.7 Å². The van der Waals surface area contributed by atoms with Crippen LogP contribution in [0.15, 0.2) is 22.3 Å². The Bertz CT molecular complexity index is 514. The van der Waals surface area contributed by atoms with E-state index in [1.54, 1.807) is 0 Å². The van der Waals surface area contributed by atoms with E-state index in [4.69, 9.17) is 23.1 Å². The molecule has 1 aromatic carbocycles. The van der Waals surface area contributed by atoms with Gasteiger partial charge in [-0.05, 0) is 0 Å². The maximum Gasteiger partial charge on any atom is 0.271 e. The van der Waals surface area contributed by atoms with Crippen LogP contribution in [0, 0.1) is 10.1 Å². The highest BCUT2D eigenvalue weighted by Gasteiger charge is 2.13. The molecule has 0 unspecified atom stereocenters. The zero-order chi connectivity index (χ0) is 13.0. The molecular formula is C8H9Cl2N5O3. The van der Waals surface area contributed by atoms with Gasteiger partial charge in [0.15, 0.2) is 0 Å². The zero-order valence-electron chi connectivity index (χ0n) is 8.78. The van der Waals surface area contributed by atoms with Gasteiger partial charge in [0.2, 0.25) is 5.96 Å². The van der Waals surface area contributed by atoms with E-state index in [2.05, 4.69) is 10.2 Å². The Kier molecular flexibility index (Phi) is 5.86. The van der Waals surface area contributed by atoms with Crippen LogP contribution in [0.1, 0.15) is 5.56 Å². The SMILES string of the molecule is Cl.NC(N)=NN=Cc1cc([N+](=O)[O-])cc(Cl)c1O. The first-order valence-electron chi connectivity index (χ1n) is 4.20. The summed E-state index contributed by atoms with van der Waals surface area (Å²) in [5, 5.41) is 26.6. The normalized spacial score (nSPS) is 9.83. The lowest BCUT2D eigenvalue weighted by atomic mass is 10.2. The number of halogens is 2. The fraction of sp³-hybridized carbons (Fsp3) is 0. The largest absolute Gasteiger partial charge is 0.506 e. The van der Waals surface area contributed by atoms with Crippen molar-refractivity contribution < 1.29 is 10.0 Å². The molecule has 0 heterocycles. The van der Waals surface area contributed by atoms with Crippen molar-refractivity contribution in [3.63, 3.8) is 0 Å². The second-order valence-electron chi connectivity index (χ2n) is 2.89. The van der Waals surface area contributed by atoms with E-state index in [0.717, 1.165) is 18.3 Å². The molecule has 0 fully saturated rings. The van der Waals surface area contributed by atoms with Gasteiger partial charge >= 0.3 is 0 Å². The number of guanidine groups is 1. The third-order valence-corrected chi connectivity index (χ3v) is 1.95. The smallest absolute Gasteiger partial charge is 0.271 e. The minimum absolute atomic E-state index is 0. The zero-order valence-corrected chi connectivity index (χ0v) is 10.4. The first-order valence-corrected chi connectivity index (χ1v) is 4.58. The predicted octanol–water partition coefficient (Wildman–Crippen LogP) is 0.983. The fourth-order valence-electron chi connectivity index (χ4n) is 0.967. The van der Waals surface area contributed by atoms with Gasteiger partial charge in [-0.2, -0.15) is 5.10 Å².